The molecule has 0 saturated carbocycles. The highest BCUT2D eigenvalue weighted by Crippen LogP contribution is 2.21. The zero-order valence-corrected chi connectivity index (χ0v) is 31.2. The fourth-order valence-corrected chi connectivity index (χ4v) is 7.11. The highest BCUT2D eigenvalue weighted by molar-refractivity contribution is 5.94. The summed E-state index contributed by atoms with van der Waals surface area (Å²) >= 11 is 0. The van der Waals surface area contributed by atoms with Crippen LogP contribution in [0.25, 0.3) is 22.2 Å². The van der Waals surface area contributed by atoms with E-state index in [2.05, 4.69) is 53.9 Å². The lowest BCUT2D eigenvalue weighted by Gasteiger charge is -2.27. The van der Waals surface area contributed by atoms with Crippen LogP contribution in [0.1, 0.15) is 51.8 Å². The second kappa shape index (κ2) is 15.1. The van der Waals surface area contributed by atoms with Crippen molar-refractivity contribution in [1.82, 2.24) is 47.7 Å². The Hall–Kier alpha value is -5.67. The van der Waals surface area contributed by atoms with E-state index in [0.29, 0.717) is 67.7 Å². The van der Waals surface area contributed by atoms with Crippen molar-refractivity contribution in [2.75, 3.05) is 26.3 Å². The molecule has 15 nitrogen and oxygen atoms in total. The average molecular weight is 719 g/mol. The van der Waals surface area contributed by atoms with Gasteiger partial charge in [0.2, 0.25) is 11.2 Å². The van der Waals surface area contributed by atoms with Crippen molar-refractivity contribution in [3.63, 3.8) is 0 Å². The topological polar surface area (TPSA) is 140 Å². The number of carbonyl (C=O) groups is 2. The van der Waals surface area contributed by atoms with E-state index in [9.17, 15) is 9.59 Å². The number of aryl methyl sites for hydroxylation is 6. The van der Waals surface area contributed by atoms with Crippen molar-refractivity contribution in [3.8, 4) is 0 Å². The molecule has 0 bridgehead atoms. The summed E-state index contributed by atoms with van der Waals surface area (Å²) < 4.78 is 16.9. The van der Waals surface area contributed by atoms with Gasteiger partial charge in [-0.15, -0.1) is 0 Å². The molecule has 0 radical (unpaired) electrons. The van der Waals surface area contributed by atoms with Crippen molar-refractivity contribution in [3.05, 3.63) is 100 Å². The zero-order valence-electron chi connectivity index (χ0n) is 31.2. The summed E-state index contributed by atoms with van der Waals surface area (Å²) in [5.74, 6) is -0.717. The standard InChI is InChI=1S/C38H46N12O3/c1-7-49-31(23-26(3)42-49)35(51)40-37-44(5)29-14-11-13-28(25-46-19-21-53-22-20-46)33(29)48(37)18-10-9-17-47-30-15-12-16-39-34(30)45(6)38(47)41-36(52)32-24-27(4)43-50(32)8-2/h9-16,23-24H,7-8,17-22,25H2,1-6H3/b10-9+,40-37+,41-38+. The summed E-state index contributed by atoms with van der Waals surface area (Å²) in [5.41, 5.74) is 8.14. The van der Waals surface area contributed by atoms with Crippen LogP contribution in [0.2, 0.25) is 0 Å². The summed E-state index contributed by atoms with van der Waals surface area (Å²) in [5, 5.41) is 8.91. The average Bonchev–Trinajstić information content (AvgIpc) is 3.89. The highest BCUT2D eigenvalue weighted by Gasteiger charge is 2.20. The number of rotatable bonds is 10. The van der Waals surface area contributed by atoms with Crippen molar-refractivity contribution in [2.24, 2.45) is 24.1 Å². The number of para-hydroxylation sites is 1. The number of aromatic nitrogens is 9. The number of allylic oxidation sites excluding steroid dienone is 2. The van der Waals surface area contributed by atoms with Gasteiger partial charge in [0.25, 0.3) is 11.8 Å². The SMILES string of the molecule is CCn1nc(C)cc1C(=O)/N=c1\n(C)c2ncccc2n1C/C=C/Cn1/c(=N/C(=O)c2cc(C)nn2CC)n(C)c2cccc(CN3CCOCC3)c21. The Bertz CT molecular complexity index is 2490. The predicted octanol–water partition coefficient (Wildman–Crippen LogP) is 3.29. The number of fused-ring (bicyclic) bond motifs is 2. The van der Waals surface area contributed by atoms with Gasteiger partial charge in [0.05, 0.1) is 41.2 Å². The summed E-state index contributed by atoms with van der Waals surface area (Å²) in [7, 11) is 3.81. The number of pyridine rings is 1. The van der Waals surface area contributed by atoms with Crippen LogP contribution in [-0.4, -0.2) is 85.8 Å². The van der Waals surface area contributed by atoms with E-state index in [-0.39, 0.29) is 11.8 Å². The normalized spacial score (nSPS) is 14.8. The van der Waals surface area contributed by atoms with Crippen LogP contribution in [0.3, 0.4) is 0 Å². The summed E-state index contributed by atoms with van der Waals surface area (Å²) in [6.07, 6.45) is 5.85. The Labute approximate surface area is 306 Å². The monoisotopic (exact) mass is 718 g/mol. The number of ether oxygens (including phenoxy) is 1. The van der Waals surface area contributed by atoms with E-state index in [1.165, 1.54) is 0 Å². The van der Waals surface area contributed by atoms with Crippen LogP contribution in [0.15, 0.2) is 70.8 Å². The molecule has 7 rings (SSSR count). The maximum absolute atomic E-state index is 13.8. The lowest BCUT2D eigenvalue weighted by Crippen LogP contribution is -2.35. The van der Waals surface area contributed by atoms with Crippen molar-refractivity contribution < 1.29 is 14.3 Å². The lowest BCUT2D eigenvalue weighted by atomic mass is 10.1. The lowest BCUT2D eigenvalue weighted by molar-refractivity contribution is 0.0343. The fourth-order valence-electron chi connectivity index (χ4n) is 7.11. The molecule has 1 aromatic carbocycles. The minimum atomic E-state index is -0.370. The number of imidazole rings is 2. The van der Waals surface area contributed by atoms with Gasteiger partial charge in [-0.1, -0.05) is 24.3 Å². The molecule has 1 saturated heterocycles. The molecule has 0 unspecified atom stereocenters. The molecule has 15 heteroatoms. The minimum Gasteiger partial charge on any atom is -0.379 e. The number of carbonyl (C=O) groups excluding carboxylic acids is 2. The van der Waals surface area contributed by atoms with Crippen LogP contribution >= 0.6 is 0 Å². The Morgan fingerprint density at radius 2 is 1.38 bits per heavy atom. The van der Waals surface area contributed by atoms with Crippen LogP contribution in [0.5, 0.6) is 0 Å². The van der Waals surface area contributed by atoms with Crippen LogP contribution in [-0.2, 0) is 51.6 Å². The van der Waals surface area contributed by atoms with Gasteiger partial charge in [0.15, 0.2) is 5.65 Å². The Balaban J connectivity index is 1.29. The van der Waals surface area contributed by atoms with Gasteiger partial charge in [-0.3, -0.25) is 28.4 Å². The van der Waals surface area contributed by atoms with Gasteiger partial charge >= 0.3 is 0 Å². The van der Waals surface area contributed by atoms with Gasteiger partial charge in [0, 0.05) is 66.1 Å². The van der Waals surface area contributed by atoms with Crippen molar-refractivity contribution in [1.29, 1.82) is 0 Å². The van der Waals surface area contributed by atoms with Crippen LogP contribution in [0.4, 0.5) is 0 Å². The smallest absolute Gasteiger partial charge is 0.298 e. The van der Waals surface area contributed by atoms with Crippen LogP contribution < -0.4 is 11.2 Å². The van der Waals surface area contributed by atoms with E-state index >= 15 is 0 Å². The van der Waals surface area contributed by atoms with Gasteiger partial charge in [-0.25, -0.2) is 4.98 Å². The van der Waals surface area contributed by atoms with Gasteiger partial charge in [-0.05, 0) is 63.6 Å². The van der Waals surface area contributed by atoms with E-state index in [1.807, 2.05) is 73.7 Å². The van der Waals surface area contributed by atoms with E-state index in [0.717, 1.165) is 53.1 Å². The van der Waals surface area contributed by atoms with Crippen LogP contribution in [0, 0.1) is 13.8 Å². The molecule has 0 spiro atoms. The molecule has 6 heterocycles. The first-order valence-electron chi connectivity index (χ1n) is 18.1. The van der Waals surface area contributed by atoms with Gasteiger partial charge in [0.1, 0.15) is 11.4 Å². The Kier molecular flexibility index (Phi) is 10.2. The molecule has 0 aliphatic carbocycles. The molecule has 1 aliphatic rings. The number of morpholine rings is 1. The predicted molar refractivity (Wildman–Crippen MR) is 200 cm³/mol. The van der Waals surface area contributed by atoms with E-state index in [1.54, 1.807) is 27.7 Å². The molecular weight excluding hydrogens is 672 g/mol. The summed E-state index contributed by atoms with van der Waals surface area (Å²) in [4.78, 5) is 43.6. The Morgan fingerprint density at radius 3 is 2.00 bits per heavy atom. The third-order valence-corrected chi connectivity index (χ3v) is 9.67. The molecule has 53 heavy (non-hydrogen) atoms. The number of hydrogen-bond acceptors (Lipinski definition) is 7. The number of benzene rings is 1. The first kappa shape index (κ1) is 35.7. The molecule has 5 aromatic heterocycles. The van der Waals surface area contributed by atoms with Gasteiger partial charge in [-0.2, -0.15) is 20.2 Å². The molecule has 0 N–H and O–H groups in total. The van der Waals surface area contributed by atoms with E-state index in [4.69, 9.17) is 9.73 Å². The van der Waals surface area contributed by atoms with Crippen molar-refractivity contribution >= 4 is 34.0 Å². The quantitative estimate of drug-likeness (QED) is 0.198. The largest absolute Gasteiger partial charge is 0.379 e. The molecular formula is C38H46N12O3. The first-order chi connectivity index (χ1) is 25.7. The number of nitrogens with zero attached hydrogens (tertiary/aromatic N) is 12. The third-order valence-electron chi connectivity index (χ3n) is 9.67. The summed E-state index contributed by atoms with van der Waals surface area (Å²) in [6.45, 7) is 13.5. The first-order valence-corrected chi connectivity index (χ1v) is 18.1. The number of hydrogen-bond donors (Lipinski definition) is 0. The number of amides is 2. The molecule has 1 fully saturated rings. The summed E-state index contributed by atoms with van der Waals surface area (Å²) in [6, 6.07) is 13.7. The molecule has 1 aliphatic heterocycles. The second-order valence-corrected chi connectivity index (χ2v) is 13.2. The fraction of sp³-hybridized carbons (Fsp3) is 0.395. The maximum atomic E-state index is 13.8. The minimum absolute atomic E-state index is 0.347. The molecule has 6 aromatic rings. The maximum Gasteiger partial charge on any atom is 0.298 e. The molecule has 276 valence electrons. The Morgan fingerprint density at radius 1 is 0.792 bits per heavy atom. The second-order valence-electron chi connectivity index (χ2n) is 13.2. The zero-order chi connectivity index (χ0) is 37.2. The third kappa shape index (κ3) is 6.97. The molecule has 0 atom stereocenters. The molecule has 2 amide bonds. The highest BCUT2D eigenvalue weighted by atomic mass is 16.5. The van der Waals surface area contributed by atoms with Gasteiger partial charge < -0.3 is 18.4 Å². The van der Waals surface area contributed by atoms with E-state index < -0.39 is 0 Å². The van der Waals surface area contributed by atoms with Crippen molar-refractivity contribution in [2.45, 2.75) is 60.4 Å².